The van der Waals surface area contributed by atoms with Crippen LogP contribution in [0.1, 0.15) is 15.9 Å². The van der Waals surface area contributed by atoms with E-state index in [-0.39, 0.29) is 5.97 Å². The van der Waals surface area contributed by atoms with Gasteiger partial charge in [-0.05, 0) is 23.8 Å². The zero-order chi connectivity index (χ0) is 14.5. The average Bonchev–Trinajstić information content (AvgIpc) is 2.48. The van der Waals surface area contributed by atoms with Crippen molar-refractivity contribution in [2.75, 3.05) is 19.1 Å². The number of pyridine rings is 1. The Labute approximate surface area is 123 Å². The van der Waals surface area contributed by atoms with E-state index in [0.29, 0.717) is 17.1 Å². The molecule has 1 heterocycles. The number of methoxy groups -OCH3 is 1. The molecule has 104 valence electrons. The van der Waals surface area contributed by atoms with Gasteiger partial charge >= 0.3 is 5.97 Å². The van der Waals surface area contributed by atoms with Gasteiger partial charge in [-0.3, -0.25) is 4.98 Å². The number of halogens is 1. The lowest BCUT2D eigenvalue weighted by molar-refractivity contribution is 0.0601. The molecule has 0 bridgehead atoms. The lowest BCUT2D eigenvalue weighted by atomic mass is 10.1. The van der Waals surface area contributed by atoms with Gasteiger partial charge in [0.1, 0.15) is 0 Å². The van der Waals surface area contributed by atoms with E-state index in [1.807, 2.05) is 36.2 Å². The lowest BCUT2D eigenvalue weighted by Gasteiger charge is -2.22. The van der Waals surface area contributed by atoms with E-state index in [1.54, 1.807) is 18.5 Å². The fourth-order valence-corrected chi connectivity index (χ4v) is 2.14. The van der Waals surface area contributed by atoms with Crippen molar-refractivity contribution in [1.82, 2.24) is 4.98 Å². The van der Waals surface area contributed by atoms with Crippen molar-refractivity contribution in [1.29, 1.82) is 0 Å². The second-order valence-corrected chi connectivity index (χ2v) is 4.74. The average molecular weight is 291 g/mol. The minimum atomic E-state index is -0.353. The van der Waals surface area contributed by atoms with Gasteiger partial charge in [0.05, 0.1) is 23.4 Å². The summed E-state index contributed by atoms with van der Waals surface area (Å²) < 4.78 is 4.80. The summed E-state index contributed by atoms with van der Waals surface area (Å²) in [6.07, 6.45) is 3.30. The van der Waals surface area contributed by atoms with E-state index < -0.39 is 0 Å². The summed E-state index contributed by atoms with van der Waals surface area (Å²) >= 11 is 6.10. The summed E-state index contributed by atoms with van der Waals surface area (Å²) in [6.45, 7) is 0.579. The molecule has 4 nitrogen and oxygen atoms in total. The van der Waals surface area contributed by atoms with Crippen LogP contribution in [0, 0.1) is 0 Å². The number of carbonyl (C=O) groups excluding carboxylic acids is 1. The first-order valence-electron chi connectivity index (χ1n) is 6.10. The molecule has 0 unspecified atom stereocenters. The number of nitrogens with zero attached hydrogens (tertiary/aromatic N) is 2. The molecule has 0 aliphatic heterocycles. The standard InChI is InChI=1S/C15H15ClN2O2/c1-18(10-11-7-8-17-9-13(11)16)14-6-4-3-5-12(14)15(19)20-2/h3-9H,10H2,1-2H3. The fraction of sp³-hybridized carbons (Fsp3) is 0.200. The molecule has 0 N–H and O–H groups in total. The van der Waals surface area contributed by atoms with Crippen LogP contribution in [0.25, 0.3) is 0 Å². The number of para-hydroxylation sites is 1. The first-order valence-corrected chi connectivity index (χ1v) is 6.48. The van der Waals surface area contributed by atoms with E-state index in [4.69, 9.17) is 16.3 Å². The molecule has 0 aliphatic carbocycles. The summed E-state index contributed by atoms with van der Waals surface area (Å²) in [5, 5.41) is 0.606. The number of aromatic nitrogens is 1. The molecule has 1 aromatic carbocycles. The van der Waals surface area contributed by atoms with Gasteiger partial charge < -0.3 is 9.64 Å². The summed E-state index contributed by atoms with van der Waals surface area (Å²) in [5.74, 6) is -0.353. The Morgan fingerprint density at radius 3 is 2.80 bits per heavy atom. The van der Waals surface area contributed by atoms with Gasteiger partial charge in [-0.25, -0.2) is 4.79 Å². The monoisotopic (exact) mass is 290 g/mol. The maximum Gasteiger partial charge on any atom is 0.339 e. The highest BCUT2D eigenvalue weighted by Crippen LogP contribution is 2.23. The predicted octanol–water partition coefficient (Wildman–Crippen LogP) is 3.16. The quantitative estimate of drug-likeness (QED) is 0.811. The zero-order valence-electron chi connectivity index (χ0n) is 11.3. The fourth-order valence-electron chi connectivity index (χ4n) is 1.96. The van der Waals surface area contributed by atoms with Crippen LogP contribution >= 0.6 is 11.6 Å². The van der Waals surface area contributed by atoms with Gasteiger partial charge in [-0.15, -0.1) is 0 Å². The molecule has 0 aliphatic rings. The first-order chi connectivity index (χ1) is 9.63. The molecule has 0 saturated carbocycles. The van der Waals surface area contributed by atoms with Gasteiger partial charge in [0, 0.05) is 26.0 Å². The number of rotatable bonds is 4. The molecule has 20 heavy (non-hydrogen) atoms. The molecule has 5 heteroatoms. The van der Waals surface area contributed by atoms with E-state index in [9.17, 15) is 4.79 Å². The number of anilines is 1. The van der Waals surface area contributed by atoms with Gasteiger partial charge in [-0.2, -0.15) is 0 Å². The number of hydrogen-bond acceptors (Lipinski definition) is 4. The largest absolute Gasteiger partial charge is 0.465 e. The molecule has 2 rings (SSSR count). The van der Waals surface area contributed by atoms with Crippen molar-refractivity contribution in [3.05, 3.63) is 58.9 Å². The molecular formula is C15H15ClN2O2. The Bertz CT molecular complexity index is 616. The third kappa shape index (κ3) is 3.08. The van der Waals surface area contributed by atoms with Crippen LogP contribution in [0.2, 0.25) is 5.02 Å². The Kier molecular flexibility index (Phi) is 4.58. The first kappa shape index (κ1) is 14.3. The van der Waals surface area contributed by atoms with Crippen LogP contribution in [0.4, 0.5) is 5.69 Å². The zero-order valence-corrected chi connectivity index (χ0v) is 12.1. The third-order valence-electron chi connectivity index (χ3n) is 2.98. The number of carbonyl (C=O) groups is 1. The van der Waals surface area contributed by atoms with E-state index >= 15 is 0 Å². The number of ether oxygens (including phenoxy) is 1. The summed E-state index contributed by atoms with van der Waals surface area (Å²) in [6, 6.07) is 9.17. The van der Waals surface area contributed by atoms with Crippen molar-refractivity contribution in [3.63, 3.8) is 0 Å². The number of benzene rings is 1. The molecule has 0 atom stereocenters. The van der Waals surface area contributed by atoms with E-state index in [1.165, 1.54) is 7.11 Å². The van der Waals surface area contributed by atoms with Gasteiger partial charge in [0.15, 0.2) is 0 Å². The maximum absolute atomic E-state index is 11.8. The van der Waals surface area contributed by atoms with Crippen LogP contribution in [-0.2, 0) is 11.3 Å². The third-order valence-corrected chi connectivity index (χ3v) is 3.32. The van der Waals surface area contributed by atoms with Gasteiger partial charge in [0.2, 0.25) is 0 Å². The molecule has 1 aromatic heterocycles. The SMILES string of the molecule is COC(=O)c1ccccc1N(C)Cc1ccncc1Cl. The smallest absolute Gasteiger partial charge is 0.339 e. The summed E-state index contributed by atoms with van der Waals surface area (Å²) in [7, 11) is 3.28. The molecule has 0 fully saturated rings. The number of esters is 1. The van der Waals surface area contributed by atoms with Crippen molar-refractivity contribution >= 4 is 23.3 Å². The van der Waals surface area contributed by atoms with Crippen molar-refractivity contribution in [2.45, 2.75) is 6.54 Å². The highest BCUT2D eigenvalue weighted by molar-refractivity contribution is 6.31. The summed E-state index contributed by atoms with van der Waals surface area (Å²) in [4.78, 5) is 17.7. The van der Waals surface area contributed by atoms with Crippen LogP contribution in [0.15, 0.2) is 42.7 Å². The van der Waals surface area contributed by atoms with Gasteiger partial charge in [-0.1, -0.05) is 23.7 Å². The normalized spacial score (nSPS) is 10.2. The van der Waals surface area contributed by atoms with E-state index in [2.05, 4.69) is 4.98 Å². The summed E-state index contributed by atoms with van der Waals surface area (Å²) in [5.41, 5.74) is 2.28. The maximum atomic E-state index is 11.8. The van der Waals surface area contributed by atoms with Gasteiger partial charge in [0.25, 0.3) is 0 Å². The molecule has 0 saturated heterocycles. The second kappa shape index (κ2) is 6.39. The molecule has 2 aromatic rings. The van der Waals surface area contributed by atoms with Crippen LogP contribution in [0.5, 0.6) is 0 Å². The van der Waals surface area contributed by atoms with Crippen LogP contribution < -0.4 is 4.90 Å². The van der Waals surface area contributed by atoms with Crippen LogP contribution in [-0.4, -0.2) is 25.1 Å². The Hall–Kier alpha value is -2.07. The Morgan fingerprint density at radius 1 is 1.35 bits per heavy atom. The lowest BCUT2D eigenvalue weighted by Crippen LogP contribution is -2.20. The minimum absolute atomic E-state index is 0.353. The Morgan fingerprint density at radius 2 is 2.10 bits per heavy atom. The number of hydrogen-bond donors (Lipinski definition) is 0. The highest BCUT2D eigenvalue weighted by Gasteiger charge is 2.15. The van der Waals surface area contributed by atoms with Crippen molar-refractivity contribution in [3.8, 4) is 0 Å². The highest BCUT2D eigenvalue weighted by atomic mass is 35.5. The molecular weight excluding hydrogens is 276 g/mol. The van der Waals surface area contributed by atoms with Crippen LogP contribution in [0.3, 0.4) is 0 Å². The molecule has 0 amide bonds. The Balaban J connectivity index is 2.28. The molecule has 0 radical (unpaired) electrons. The van der Waals surface area contributed by atoms with E-state index in [0.717, 1.165) is 11.3 Å². The minimum Gasteiger partial charge on any atom is -0.465 e. The topological polar surface area (TPSA) is 42.4 Å². The van der Waals surface area contributed by atoms with Crippen molar-refractivity contribution in [2.24, 2.45) is 0 Å². The predicted molar refractivity (Wildman–Crippen MR) is 79.1 cm³/mol. The molecule has 0 spiro atoms. The van der Waals surface area contributed by atoms with Crippen molar-refractivity contribution < 1.29 is 9.53 Å². The second-order valence-electron chi connectivity index (χ2n) is 4.33.